The Bertz CT molecular complexity index is 896. The van der Waals surface area contributed by atoms with Gasteiger partial charge in [0, 0.05) is 21.4 Å². The molecule has 1 aliphatic heterocycles. The molecule has 2 aromatic carbocycles. The number of thioether (sulfide) groups is 1. The monoisotopic (exact) mass is 383 g/mol. The largest absolute Gasteiger partial charge is 0.322 e. The molecular formula is C20H21N3O3S. The Labute approximate surface area is 162 Å². The van der Waals surface area contributed by atoms with Crippen molar-refractivity contribution in [2.24, 2.45) is 0 Å². The molecule has 0 aliphatic carbocycles. The van der Waals surface area contributed by atoms with Crippen LogP contribution in [0.3, 0.4) is 0 Å². The van der Waals surface area contributed by atoms with Crippen molar-refractivity contribution in [3.05, 3.63) is 59.7 Å². The van der Waals surface area contributed by atoms with Gasteiger partial charge in [0.05, 0.1) is 0 Å². The third-order valence-corrected chi connectivity index (χ3v) is 5.25. The number of carbonyl (C=O) groups is 3. The minimum atomic E-state index is -1.16. The van der Waals surface area contributed by atoms with E-state index in [1.165, 1.54) is 0 Å². The highest BCUT2D eigenvalue weighted by molar-refractivity contribution is 7.99. The van der Waals surface area contributed by atoms with Gasteiger partial charge in [0.1, 0.15) is 5.54 Å². The normalized spacial score (nSPS) is 19.0. The molecule has 0 saturated carbocycles. The van der Waals surface area contributed by atoms with Crippen LogP contribution >= 0.6 is 11.8 Å². The second-order valence-electron chi connectivity index (χ2n) is 6.76. The molecule has 140 valence electrons. The van der Waals surface area contributed by atoms with Crippen LogP contribution in [0.5, 0.6) is 0 Å². The summed E-state index contributed by atoms with van der Waals surface area (Å²) in [4.78, 5) is 37.2. The topological polar surface area (TPSA) is 87.3 Å². The van der Waals surface area contributed by atoms with Crippen molar-refractivity contribution in [1.29, 1.82) is 0 Å². The minimum Gasteiger partial charge on any atom is -0.322 e. The zero-order valence-electron chi connectivity index (χ0n) is 15.3. The van der Waals surface area contributed by atoms with E-state index in [-0.39, 0.29) is 5.91 Å². The van der Waals surface area contributed by atoms with Crippen molar-refractivity contribution in [2.75, 3.05) is 5.32 Å². The molecule has 0 spiro atoms. The van der Waals surface area contributed by atoms with Crippen LogP contribution in [0.25, 0.3) is 0 Å². The maximum atomic E-state index is 12.5. The summed E-state index contributed by atoms with van der Waals surface area (Å²) in [6.07, 6.45) is 0. The average Bonchev–Trinajstić information content (AvgIpc) is 2.88. The van der Waals surface area contributed by atoms with E-state index in [1.807, 2.05) is 12.1 Å². The number of anilines is 1. The average molecular weight is 383 g/mol. The van der Waals surface area contributed by atoms with E-state index in [0.29, 0.717) is 22.1 Å². The molecule has 4 amide bonds. The molecule has 0 radical (unpaired) electrons. The fraction of sp³-hybridized carbons (Fsp3) is 0.250. The Morgan fingerprint density at radius 3 is 2.41 bits per heavy atom. The number of hydrogen-bond acceptors (Lipinski definition) is 4. The van der Waals surface area contributed by atoms with E-state index in [1.54, 1.807) is 55.1 Å². The quantitative estimate of drug-likeness (QED) is 0.545. The first-order valence-corrected chi connectivity index (χ1v) is 9.48. The van der Waals surface area contributed by atoms with Crippen LogP contribution in [0.1, 0.15) is 36.7 Å². The summed E-state index contributed by atoms with van der Waals surface area (Å²) in [6.45, 7) is 5.86. The van der Waals surface area contributed by atoms with E-state index in [0.717, 1.165) is 4.90 Å². The maximum absolute atomic E-state index is 12.5. The lowest BCUT2D eigenvalue weighted by Gasteiger charge is -2.21. The van der Waals surface area contributed by atoms with Crippen LogP contribution in [0.4, 0.5) is 10.5 Å². The second kappa shape index (κ2) is 7.44. The summed E-state index contributed by atoms with van der Waals surface area (Å²) in [6, 6.07) is 13.8. The lowest BCUT2D eigenvalue weighted by atomic mass is 9.92. The number of urea groups is 1. The number of rotatable bonds is 5. The van der Waals surface area contributed by atoms with Crippen molar-refractivity contribution in [3.63, 3.8) is 0 Å². The molecule has 1 saturated heterocycles. The van der Waals surface area contributed by atoms with Gasteiger partial charge in [-0.3, -0.25) is 14.9 Å². The first-order valence-electron chi connectivity index (χ1n) is 8.60. The molecule has 3 rings (SSSR count). The fourth-order valence-corrected chi connectivity index (χ4v) is 3.65. The van der Waals surface area contributed by atoms with Gasteiger partial charge in [0.2, 0.25) is 0 Å². The number of imide groups is 1. The molecule has 27 heavy (non-hydrogen) atoms. The Kier molecular flexibility index (Phi) is 5.23. The van der Waals surface area contributed by atoms with Crippen molar-refractivity contribution in [1.82, 2.24) is 10.6 Å². The van der Waals surface area contributed by atoms with Crippen molar-refractivity contribution in [2.45, 2.75) is 36.5 Å². The molecule has 1 atom stereocenters. The number of benzene rings is 2. The SMILES string of the molecule is CC(C)Sc1ccc(C(=O)Nc2cccc(C3(C)NC(=O)NC3=O)c2)cc1. The van der Waals surface area contributed by atoms with Crippen LogP contribution in [-0.4, -0.2) is 23.1 Å². The molecular weight excluding hydrogens is 362 g/mol. The summed E-state index contributed by atoms with van der Waals surface area (Å²) >= 11 is 1.73. The predicted molar refractivity (Wildman–Crippen MR) is 106 cm³/mol. The summed E-state index contributed by atoms with van der Waals surface area (Å²) in [5, 5.41) is 8.16. The third kappa shape index (κ3) is 4.14. The maximum Gasteiger partial charge on any atom is 0.322 e. The lowest BCUT2D eigenvalue weighted by molar-refractivity contribution is -0.123. The minimum absolute atomic E-state index is 0.238. The van der Waals surface area contributed by atoms with Gasteiger partial charge in [-0.05, 0) is 48.9 Å². The first-order chi connectivity index (χ1) is 12.8. The summed E-state index contributed by atoms with van der Waals surface area (Å²) in [7, 11) is 0. The van der Waals surface area contributed by atoms with Gasteiger partial charge in [-0.15, -0.1) is 11.8 Å². The van der Waals surface area contributed by atoms with Crippen LogP contribution in [0.15, 0.2) is 53.4 Å². The zero-order chi connectivity index (χ0) is 19.6. The van der Waals surface area contributed by atoms with Gasteiger partial charge in [0.15, 0.2) is 0 Å². The number of amides is 4. The lowest BCUT2D eigenvalue weighted by Crippen LogP contribution is -2.40. The number of carbonyl (C=O) groups excluding carboxylic acids is 3. The number of hydrogen-bond donors (Lipinski definition) is 3. The molecule has 6 nitrogen and oxygen atoms in total. The van der Waals surface area contributed by atoms with Crippen LogP contribution in [-0.2, 0) is 10.3 Å². The van der Waals surface area contributed by atoms with E-state index < -0.39 is 17.5 Å². The molecule has 2 aromatic rings. The van der Waals surface area contributed by atoms with E-state index in [9.17, 15) is 14.4 Å². The molecule has 7 heteroatoms. The Hall–Kier alpha value is -2.80. The zero-order valence-corrected chi connectivity index (χ0v) is 16.1. The van der Waals surface area contributed by atoms with Gasteiger partial charge < -0.3 is 10.6 Å². The molecule has 1 aliphatic rings. The van der Waals surface area contributed by atoms with Gasteiger partial charge in [-0.2, -0.15) is 0 Å². The van der Waals surface area contributed by atoms with E-state index in [4.69, 9.17) is 0 Å². The molecule has 0 bridgehead atoms. The highest BCUT2D eigenvalue weighted by atomic mass is 32.2. The van der Waals surface area contributed by atoms with E-state index >= 15 is 0 Å². The van der Waals surface area contributed by atoms with Crippen molar-refractivity contribution < 1.29 is 14.4 Å². The highest BCUT2D eigenvalue weighted by Crippen LogP contribution is 2.27. The molecule has 1 fully saturated rings. The third-order valence-electron chi connectivity index (χ3n) is 4.23. The highest BCUT2D eigenvalue weighted by Gasteiger charge is 2.43. The van der Waals surface area contributed by atoms with Gasteiger partial charge in [-0.25, -0.2) is 4.79 Å². The van der Waals surface area contributed by atoms with Crippen LogP contribution in [0, 0.1) is 0 Å². The van der Waals surface area contributed by atoms with Crippen molar-refractivity contribution >= 4 is 35.3 Å². The predicted octanol–water partition coefficient (Wildman–Crippen LogP) is 3.49. The standard InChI is InChI=1S/C20H21N3O3S/c1-12(2)27-16-9-7-13(8-10-16)17(24)21-15-6-4-5-14(11-15)20(3)18(25)22-19(26)23-20/h4-12H,1-3H3,(H,21,24)(H2,22,23,25,26). The number of nitrogens with one attached hydrogen (secondary N) is 3. The summed E-state index contributed by atoms with van der Waals surface area (Å²) in [5.41, 5.74) is 0.528. The molecule has 1 heterocycles. The Morgan fingerprint density at radius 1 is 1.11 bits per heavy atom. The second-order valence-corrected chi connectivity index (χ2v) is 8.41. The van der Waals surface area contributed by atoms with Crippen LogP contribution < -0.4 is 16.0 Å². The van der Waals surface area contributed by atoms with Gasteiger partial charge in [-0.1, -0.05) is 26.0 Å². The smallest absolute Gasteiger partial charge is 0.322 e. The Morgan fingerprint density at radius 2 is 1.81 bits per heavy atom. The van der Waals surface area contributed by atoms with E-state index in [2.05, 4.69) is 29.8 Å². The first kappa shape index (κ1) is 19.0. The fourth-order valence-electron chi connectivity index (χ4n) is 2.81. The molecule has 1 unspecified atom stereocenters. The van der Waals surface area contributed by atoms with Gasteiger partial charge >= 0.3 is 6.03 Å². The summed E-state index contributed by atoms with van der Waals surface area (Å²) in [5.74, 6) is -0.660. The van der Waals surface area contributed by atoms with Crippen LogP contribution in [0.2, 0.25) is 0 Å². The molecule has 0 aromatic heterocycles. The van der Waals surface area contributed by atoms with Crippen molar-refractivity contribution in [3.8, 4) is 0 Å². The Balaban J connectivity index is 1.75. The van der Waals surface area contributed by atoms with Gasteiger partial charge in [0.25, 0.3) is 11.8 Å². The summed E-state index contributed by atoms with van der Waals surface area (Å²) < 4.78 is 0. The molecule has 3 N–H and O–H groups in total.